The lowest BCUT2D eigenvalue weighted by molar-refractivity contribution is 0.461. The molecular weight excluding hydrogens is 181 g/mol. The zero-order chi connectivity index (χ0) is 9.80. The van der Waals surface area contributed by atoms with E-state index in [2.05, 4.69) is 4.98 Å². The number of benzene rings is 1. The molecule has 0 saturated heterocycles. The SMILES string of the molecule is Fc1ccc(Oc2ccccn2)cc1. The van der Waals surface area contributed by atoms with Crippen LogP contribution < -0.4 is 4.74 Å². The van der Waals surface area contributed by atoms with Gasteiger partial charge in [0.1, 0.15) is 11.6 Å². The van der Waals surface area contributed by atoms with Gasteiger partial charge in [0.25, 0.3) is 0 Å². The van der Waals surface area contributed by atoms with Crippen molar-refractivity contribution in [2.75, 3.05) is 0 Å². The van der Waals surface area contributed by atoms with Crippen LogP contribution >= 0.6 is 0 Å². The van der Waals surface area contributed by atoms with Crippen molar-refractivity contribution in [3.63, 3.8) is 0 Å². The lowest BCUT2D eigenvalue weighted by Crippen LogP contribution is -1.86. The first kappa shape index (κ1) is 8.69. The number of halogens is 1. The van der Waals surface area contributed by atoms with E-state index in [0.717, 1.165) is 0 Å². The molecule has 0 amide bonds. The summed E-state index contributed by atoms with van der Waals surface area (Å²) in [6, 6.07) is 11.2. The molecule has 0 saturated carbocycles. The predicted molar refractivity (Wildman–Crippen MR) is 50.7 cm³/mol. The summed E-state index contributed by atoms with van der Waals surface area (Å²) >= 11 is 0. The molecule has 1 aromatic heterocycles. The Hall–Kier alpha value is -1.90. The van der Waals surface area contributed by atoms with Crippen LogP contribution in [0.15, 0.2) is 48.7 Å². The van der Waals surface area contributed by atoms with Gasteiger partial charge < -0.3 is 4.74 Å². The highest BCUT2D eigenvalue weighted by molar-refractivity contribution is 5.26. The van der Waals surface area contributed by atoms with Crippen LogP contribution in [-0.2, 0) is 0 Å². The molecule has 0 fully saturated rings. The smallest absolute Gasteiger partial charge is 0.219 e. The van der Waals surface area contributed by atoms with Gasteiger partial charge in [0, 0.05) is 12.3 Å². The van der Waals surface area contributed by atoms with Crippen molar-refractivity contribution in [2.45, 2.75) is 0 Å². The molecule has 0 spiro atoms. The summed E-state index contributed by atoms with van der Waals surface area (Å²) in [6.07, 6.45) is 1.64. The molecule has 2 rings (SSSR count). The lowest BCUT2D eigenvalue weighted by Gasteiger charge is -2.02. The molecule has 0 aliphatic heterocycles. The van der Waals surface area contributed by atoms with Gasteiger partial charge in [-0.25, -0.2) is 9.37 Å². The molecule has 0 N–H and O–H groups in total. The van der Waals surface area contributed by atoms with Crippen LogP contribution in [0.5, 0.6) is 11.6 Å². The fraction of sp³-hybridized carbons (Fsp3) is 0. The van der Waals surface area contributed by atoms with Gasteiger partial charge in [-0.05, 0) is 30.3 Å². The number of aromatic nitrogens is 1. The fourth-order valence-electron chi connectivity index (χ4n) is 1.03. The van der Waals surface area contributed by atoms with Gasteiger partial charge in [0.15, 0.2) is 0 Å². The van der Waals surface area contributed by atoms with Gasteiger partial charge in [-0.15, -0.1) is 0 Å². The maximum atomic E-state index is 12.6. The first-order valence-electron chi connectivity index (χ1n) is 4.19. The highest BCUT2D eigenvalue weighted by atomic mass is 19.1. The van der Waals surface area contributed by atoms with Crippen molar-refractivity contribution in [1.82, 2.24) is 4.98 Å². The van der Waals surface area contributed by atoms with Gasteiger partial charge in [0.05, 0.1) is 0 Å². The standard InChI is InChI=1S/C11H8FNO/c12-9-4-6-10(7-5-9)14-11-3-1-2-8-13-11/h1-8H. The zero-order valence-electron chi connectivity index (χ0n) is 7.35. The van der Waals surface area contributed by atoms with E-state index in [0.29, 0.717) is 11.6 Å². The van der Waals surface area contributed by atoms with Gasteiger partial charge in [-0.3, -0.25) is 0 Å². The molecule has 2 nitrogen and oxygen atoms in total. The molecule has 0 unspecified atom stereocenters. The zero-order valence-corrected chi connectivity index (χ0v) is 7.35. The Morgan fingerprint density at radius 2 is 1.79 bits per heavy atom. The average Bonchev–Trinajstić information content (AvgIpc) is 2.23. The third-order valence-corrected chi connectivity index (χ3v) is 1.67. The van der Waals surface area contributed by atoms with E-state index < -0.39 is 0 Å². The predicted octanol–water partition coefficient (Wildman–Crippen LogP) is 3.01. The maximum absolute atomic E-state index is 12.6. The van der Waals surface area contributed by atoms with E-state index in [1.807, 2.05) is 6.07 Å². The second kappa shape index (κ2) is 3.87. The largest absolute Gasteiger partial charge is 0.439 e. The summed E-state index contributed by atoms with van der Waals surface area (Å²) < 4.78 is 17.9. The number of hydrogen-bond donors (Lipinski definition) is 0. The molecule has 0 bridgehead atoms. The number of rotatable bonds is 2. The Morgan fingerprint density at radius 3 is 2.43 bits per heavy atom. The number of ether oxygens (including phenoxy) is 1. The van der Waals surface area contributed by atoms with Crippen molar-refractivity contribution in [1.29, 1.82) is 0 Å². The third kappa shape index (κ3) is 2.07. The Morgan fingerprint density at radius 1 is 1.00 bits per heavy atom. The molecule has 3 heteroatoms. The van der Waals surface area contributed by atoms with E-state index in [1.54, 1.807) is 30.5 Å². The van der Waals surface area contributed by atoms with E-state index in [9.17, 15) is 4.39 Å². The summed E-state index contributed by atoms with van der Waals surface area (Å²) in [7, 11) is 0. The average molecular weight is 189 g/mol. The van der Waals surface area contributed by atoms with Gasteiger partial charge in [-0.1, -0.05) is 6.07 Å². The molecule has 1 aromatic carbocycles. The molecule has 14 heavy (non-hydrogen) atoms. The number of pyridine rings is 1. The minimum Gasteiger partial charge on any atom is -0.439 e. The topological polar surface area (TPSA) is 22.1 Å². The molecular formula is C11H8FNO. The molecule has 70 valence electrons. The molecule has 2 aromatic rings. The van der Waals surface area contributed by atoms with Crippen molar-refractivity contribution < 1.29 is 9.13 Å². The van der Waals surface area contributed by atoms with Crippen LogP contribution in [0.2, 0.25) is 0 Å². The summed E-state index contributed by atoms with van der Waals surface area (Å²) in [5.74, 6) is 0.794. The molecule has 0 radical (unpaired) electrons. The van der Waals surface area contributed by atoms with Gasteiger partial charge in [-0.2, -0.15) is 0 Å². The van der Waals surface area contributed by atoms with Gasteiger partial charge in [0.2, 0.25) is 5.88 Å². The summed E-state index contributed by atoms with van der Waals surface area (Å²) in [4.78, 5) is 3.98. The summed E-state index contributed by atoms with van der Waals surface area (Å²) in [5.41, 5.74) is 0. The highest BCUT2D eigenvalue weighted by Gasteiger charge is 1.96. The van der Waals surface area contributed by atoms with Crippen LogP contribution in [0.25, 0.3) is 0 Å². The Kier molecular flexibility index (Phi) is 2.40. The second-order valence-electron chi connectivity index (χ2n) is 2.72. The quantitative estimate of drug-likeness (QED) is 0.724. The Labute approximate surface area is 81.0 Å². The normalized spacial score (nSPS) is 9.79. The molecule has 0 aliphatic carbocycles. The minimum atomic E-state index is -0.279. The molecule has 1 heterocycles. The minimum absolute atomic E-state index is 0.279. The number of nitrogens with zero attached hydrogens (tertiary/aromatic N) is 1. The van der Waals surface area contributed by atoms with Crippen molar-refractivity contribution >= 4 is 0 Å². The van der Waals surface area contributed by atoms with Crippen LogP contribution in [0.3, 0.4) is 0 Å². The van der Waals surface area contributed by atoms with E-state index in [-0.39, 0.29) is 5.82 Å². The lowest BCUT2D eigenvalue weighted by atomic mass is 10.3. The summed E-state index contributed by atoms with van der Waals surface area (Å²) in [6.45, 7) is 0. The van der Waals surface area contributed by atoms with E-state index in [1.165, 1.54) is 12.1 Å². The Balaban J connectivity index is 2.16. The highest BCUT2D eigenvalue weighted by Crippen LogP contribution is 2.18. The van der Waals surface area contributed by atoms with Crippen LogP contribution in [-0.4, -0.2) is 4.98 Å². The second-order valence-corrected chi connectivity index (χ2v) is 2.72. The Bertz CT molecular complexity index is 399. The van der Waals surface area contributed by atoms with Crippen LogP contribution in [0, 0.1) is 5.82 Å². The van der Waals surface area contributed by atoms with Crippen molar-refractivity contribution in [2.24, 2.45) is 0 Å². The van der Waals surface area contributed by atoms with E-state index >= 15 is 0 Å². The van der Waals surface area contributed by atoms with Gasteiger partial charge >= 0.3 is 0 Å². The first-order chi connectivity index (χ1) is 6.84. The third-order valence-electron chi connectivity index (χ3n) is 1.67. The maximum Gasteiger partial charge on any atom is 0.219 e. The van der Waals surface area contributed by atoms with Crippen molar-refractivity contribution in [3.05, 3.63) is 54.5 Å². The molecule has 0 atom stereocenters. The summed E-state index contributed by atoms with van der Waals surface area (Å²) in [5, 5.41) is 0. The van der Waals surface area contributed by atoms with Crippen LogP contribution in [0.1, 0.15) is 0 Å². The monoisotopic (exact) mass is 189 g/mol. The van der Waals surface area contributed by atoms with E-state index in [4.69, 9.17) is 4.74 Å². The first-order valence-corrected chi connectivity index (χ1v) is 4.19. The van der Waals surface area contributed by atoms with Crippen molar-refractivity contribution in [3.8, 4) is 11.6 Å². The van der Waals surface area contributed by atoms with Crippen LogP contribution in [0.4, 0.5) is 4.39 Å². The molecule has 0 aliphatic rings. The fourth-order valence-corrected chi connectivity index (χ4v) is 1.03. The number of hydrogen-bond acceptors (Lipinski definition) is 2.